The molecule has 0 spiro atoms. The molecule has 0 fully saturated rings. The van der Waals surface area contributed by atoms with Gasteiger partial charge in [0.2, 0.25) is 0 Å². The minimum Gasteiger partial charge on any atom is -0.480 e. The van der Waals surface area contributed by atoms with Crippen LogP contribution in [-0.4, -0.2) is 16.8 Å². The quantitative estimate of drug-likeness (QED) is 0.827. The molecule has 18 heavy (non-hydrogen) atoms. The summed E-state index contributed by atoms with van der Waals surface area (Å²) in [4.78, 5) is 11.8. The lowest BCUT2D eigenvalue weighted by atomic mass is 9.76. The van der Waals surface area contributed by atoms with Crippen LogP contribution in [-0.2, 0) is 10.2 Å². The number of carbonyl (C=O) groups is 1. The van der Waals surface area contributed by atoms with Crippen LogP contribution in [0.1, 0.15) is 11.1 Å². The van der Waals surface area contributed by atoms with Crippen LogP contribution in [0.3, 0.4) is 0 Å². The van der Waals surface area contributed by atoms with Crippen LogP contribution in [0.25, 0.3) is 0 Å². The van der Waals surface area contributed by atoms with Crippen molar-refractivity contribution in [2.24, 2.45) is 0 Å². The van der Waals surface area contributed by atoms with Crippen LogP contribution in [0.2, 0.25) is 0 Å². The van der Waals surface area contributed by atoms with Crippen LogP contribution < -0.4 is 0 Å². The molecule has 2 nitrogen and oxygen atoms in total. The Kier molecular flexibility index (Phi) is 3.72. The fourth-order valence-corrected chi connectivity index (χ4v) is 2.61. The molecule has 0 aliphatic carbocycles. The Hall–Kier alpha value is -1.74. The van der Waals surface area contributed by atoms with Gasteiger partial charge in [0.05, 0.1) is 0 Å². The summed E-state index contributed by atoms with van der Waals surface area (Å²) >= 11 is 4.28. The Morgan fingerprint density at radius 3 is 1.61 bits per heavy atom. The Bertz CT molecular complexity index is 483. The molecular formula is C15H14O2S. The molecule has 0 unspecified atom stereocenters. The summed E-state index contributed by atoms with van der Waals surface area (Å²) in [7, 11) is 0. The summed E-state index contributed by atoms with van der Waals surface area (Å²) in [6, 6.07) is 18.5. The zero-order chi connectivity index (χ0) is 13.0. The lowest BCUT2D eigenvalue weighted by Crippen LogP contribution is -2.39. The molecule has 0 aromatic heterocycles. The Balaban J connectivity index is 2.65. The molecule has 0 bridgehead atoms. The van der Waals surface area contributed by atoms with Gasteiger partial charge in [0.1, 0.15) is 5.41 Å². The predicted molar refractivity (Wildman–Crippen MR) is 75.2 cm³/mol. The van der Waals surface area contributed by atoms with Crippen molar-refractivity contribution in [3.8, 4) is 0 Å². The molecule has 92 valence electrons. The maximum absolute atomic E-state index is 11.8. The van der Waals surface area contributed by atoms with Crippen LogP contribution in [0.5, 0.6) is 0 Å². The first-order chi connectivity index (χ1) is 8.71. The predicted octanol–water partition coefficient (Wildman–Crippen LogP) is 2.99. The lowest BCUT2D eigenvalue weighted by Gasteiger charge is -2.28. The van der Waals surface area contributed by atoms with Crippen molar-refractivity contribution < 1.29 is 9.90 Å². The topological polar surface area (TPSA) is 37.3 Å². The van der Waals surface area contributed by atoms with Gasteiger partial charge >= 0.3 is 5.97 Å². The normalized spacial score (nSPS) is 11.2. The van der Waals surface area contributed by atoms with Crippen molar-refractivity contribution in [2.75, 3.05) is 5.75 Å². The second-order valence-electron chi connectivity index (χ2n) is 4.10. The van der Waals surface area contributed by atoms with Gasteiger partial charge in [-0.3, -0.25) is 4.79 Å². The van der Waals surface area contributed by atoms with E-state index in [1.54, 1.807) is 0 Å². The second-order valence-corrected chi connectivity index (χ2v) is 4.42. The monoisotopic (exact) mass is 258 g/mol. The average molecular weight is 258 g/mol. The van der Waals surface area contributed by atoms with Gasteiger partial charge in [0, 0.05) is 5.75 Å². The van der Waals surface area contributed by atoms with Crippen LogP contribution in [0.15, 0.2) is 60.7 Å². The van der Waals surface area contributed by atoms with Crippen molar-refractivity contribution in [2.45, 2.75) is 5.41 Å². The molecule has 2 rings (SSSR count). The van der Waals surface area contributed by atoms with Crippen molar-refractivity contribution >= 4 is 18.6 Å². The molecule has 0 aliphatic heterocycles. The minimum absolute atomic E-state index is 0.219. The van der Waals surface area contributed by atoms with Gasteiger partial charge in [-0.15, -0.1) is 0 Å². The van der Waals surface area contributed by atoms with Gasteiger partial charge in [-0.05, 0) is 11.1 Å². The van der Waals surface area contributed by atoms with Crippen LogP contribution in [0.4, 0.5) is 0 Å². The van der Waals surface area contributed by atoms with Crippen LogP contribution >= 0.6 is 12.6 Å². The summed E-state index contributed by atoms with van der Waals surface area (Å²) in [6.45, 7) is 0. The first-order valence-corrected chi connectivity index (χ1v) is 6.30. The van der Waals surface area contributed by atoms with Crippen molar-refractivity contribution in [1.82, 2.24) is 0 Å². The van der Waals surface area contributed by atoms with E-state index in [0.29, 0.717) is 0 Å². The first kappa shape index (κ1) is 12.7. The molecule has 3 heteroatoms. The first-order valence-electron chi connectivity index (χ1n) is 5.67. The van der Waals surface area contributed by atoms with Gasteiger partial charge < -0.3 is 5.11 Å². The zero-order valence-corrected chi connectivity index (χ0v) is 10.7. The molecule has 2 aromatic rings. The molecule has 0 aliphatic rings. The molecule has 0 atom stereocenters. The van der Waals surface area contributed by atoms with E-state index < -0.39 is 11.4 Å². The van der Waals surface area contributed by atoms with E-state index in [-0.39, 0.29) is 5.75 Å². The molecule has 0 saturated heterocycles. The second kappa shape index (κ2) is 5.27. The van der Waals surface area contributed by atoms with Crippen molar-refractivity contribution in [1.29, 1.82) is 0 Å². The highest BCUT2D eigenvalue weighted by Gasteiger charge is 2.40. The highest BCUT2D eigenvalue weighted by molar-refractivity contribution is 7.80. The molecule has 0 radical (unpaired) electrons. The molecule has 0 amide bonds. The number of carboxylic acid groups (broad SMARTS) is 1. The third-order valence-corrected chi connectivity index (χ3v) is 3.61. The maximum Gasteiger partial charge on any atom is 0.319 e. The fourth-order valence-electron chi connectivity index (χ4n) is 2.11. The van der Waals surface area contributed by atoms with Gasteiger partial charge in [-0.25, -0.2) is 0 Å². The van der Waals surface area contributed by atoms with Gasteiger partial charge in [-0.1, -0.05) is 60.7 Å². The number of thiol groups is 1. The van der Waals surface area contributed by atoms with E-state index in [2.05, 4.69) is 12.6 Å². The van der Waals surface area contributed by atoms with E-state index >= 15 is 0 Å². The molecule has 0 saturated carbocycles. The highest BCUT2D eigenvalue weighted by atomic mass is 32.1. The van der Waals surface area contributed by atoms with Gasteiger partial charge in [0.25, 0.3) is 0 Å². The summed E-state index contributed by atoms with van der Waals surface area (Å²) < 4.78 is 0. The van der Waals surface area contributed by atoms with E-state index in [1.807, 2.05) is 60.7 Å². The van der Waals surface area contributed by atoms with E-state index in [0.717, 1.165) is 11.1 Å². The summed E-state index contributed by atoms with van der Waals surface area (Å²) in [5.41, 5.74) is 0.406. The molecule has 1 N–H and O–H groups in total. The smallest absolute Gasteiger partial charge is 0.319 e. The van der Waals surface area contributed by atoms with Crippen molar-refractivity contribution in [3.63, 3.8) is 0 Å². The summed E-state index contributed by atoms with van der Waals surface area (Å²) in [5.74, 6) is -0.661. The van der Waals surface area contributed by atoms with E-state index in [9.17, 15) is 9.90 Å². The van der Waals surface area contributed by atoms with Crippen molar-refractivity contribution in [3.05, 3.63) is 71.8 Å². The Morgan fingerprint density at radius 2 is 1.33 bits per heavy atom. The number of aliphatic carboxylic acids is 1. The summed E-state index contributed by atoms with van der Waals surface area (Å²) in [6.07, 6.45) is 0. The largest absolute Gasteiger partial charge is 0.480 e. The highest BCUT2D eigenvalue weighted by Crippen LogP contribution is 2.33. The molecule has 0 heterocycles. The number of rotatable bonds is 4. The standard InChI is InChI=1S/C15H14O2S/c16-14(17)15(11-18,12-7-3-1-4-8-12)13-9-5-2-6-10-13/h1-10,18H,11H2,(H,16,17). The Morgan fingerprint density at radius 1 is 0.944 bits per heavy atom. The number of hydrogen-bond acceptors (Lipinski definition) is 2. The molecule has 2 aromatic carbocycles. The van der Waals surface area contributed by atoms with Gasteiger partial charge in [-0.2, -0.15) is 12.6 Å². The third-order valence-electron chi connectivity index (χ3n) is 3.14. The van der Waals surface area contributed by atoms with Crippen LogP contribution in [0, 0.1) is 0 Å². The average Bonchev–Trinajstić information content (AvgIpc) is 2.42. The van der Waals surface area contributed by atoms with Gasteiger partial charge in [0.15, 0.2) is 0 Å². The summed E-state index contributed by atoms with van der Waals surface area (Å²) in [5, 5.41) is 9.68. The number of carboxylic acids is 1. The fraction of sp³-hybridized carbons (Fsp3) is 0.133. The zero-order valence-electron chi connectivity index (χ0n) is 9.78. The Labute approximate surface area is 112 Å². The molecular weight excluding hydrogens is 244 g/mol. The lowest BCUT2D eigenvalue weighted by molar-refractivity contribution is -0.141. The third kappa shape index (κ3) is 2.02. The minimum atomic E-state index is -1.09. The SMILES string of the molecule is O=C(O)C(CS)(c1ccccc1)c1ccccc1. The maximum atomic E-state index is 11.8. The number of hydrogen-bond donors (Lipinski definition) is 2. The van der Waals surface area contributed by atoms with E-state index in [4.69, 9.17) is 0 Å². The van der Waals surface area contributed by atoms with E-state index in [1.165, 1.54) is 0 Å². The number of benzene rings is 2.